The van der Waals surface area contributed by atoms with Gasteiger partial charge < -0.3 is 19.9 Å². The third-order valence-electron chi connectivity index (χ3n) is 3.74. The summed E-state index contributed by atoms with van der Waals surface area (Å²) < 4.78 is 10.1. The third-order valence-corrected chi connectivity index (χ3v) is 3.74. The number of nitrogens with two attached hydrogens (primary N) is 1. The first-order chi connectivity index (χ1) is 10.0. The molecule has 1 aromatic heterocycles. The summed E-state index contributed by atoms with van der Waals surface area (Å²) in [7, 11) is 1.54. The molecule has 1 fully saturated rings. The molecule has 1 aliphatic rings. The first-order valence-corrected chi connectivity index (χ1v) is 7.10. The van der Waals surface area contributed by atoms with Gasteiger partial charge in [-0.1, -0.05) is 5.16 Å². The van der Waals surface area contributed by atoms with E-state index in [0.29, 0.717) is 24.8 Å². The zero-order chi connectivity index (χ0) is 15.4. The number of hydrogen-bond donors (Lipinski definition) is 1. The van der Waals surface area contributed by atoms with E-state index in [1.54, 1.807) is 18.9 Å². The number of ether oxygens (including phenoxy) is 1. The predicted molar refractivity (Wildman–Crippen MR) is 75.5 cm³/mol. The quantitative estimate of drug-likeness (QED) is 0.786. The van der Waals surface area contributed by atoms with Crippen LogP contribution in [-0.2, 0) is 9.53 Å². The molecular formula is C13H23N5O3. The Kier molecular flexibility index (Phi) is 5.27. The molecule has 2 rings (SSSR count). The first-order valence-electron chi connectivity index (χ1n) is 7.10. The fourth-order valence-corrected chi connectivity index (χ4v) is 2.45. The van der Waals surface area contributed by atoms with Gasteiger partial charge >= 0.3 is 0 Å². The topological polar surface area (TPSA) is 97.7 Å². The van der Waals surface area contributed by atoms with Gasteiger partial charge in [0.25, 0.3) is 0 Å². The molecule has 1 aromatic rings. The predicted octanol–water partition coefficient (Wildman–Crippen LogP) is -0.443. The van der Waals surface area contributed by atoms with E-state index in [-0.39, 0.29) is 18.6 Å². The SMILES string of the molecule is COCC(N)C(=O)N1CCN(C(C)c2nc(C)no2)CC1. The minimum absolute atomic E-state index is 0.0519. The highest BCUT2D eigenvalue weighted by Crippen LogP contribution is 2.20. The van der Waals surface area contributed by atoms with Crippen LogP contribution in [0.2, 0.25) is 0 Å². The lowest BCUT2D eigenvalue weighted by Crippen LogP contribution is -2.54. The number of hydrogen-bond acceptors (Lipinski definition) is 7. The number of rotatable bonds is 5. The zero-order valence-electron chi connectivity index (χ0n) is 12.8. The van der Waals surface area contributed by atoms with Crippen LogP contribution in [0.4, 0.5) is 0 Å². The van der Waals surface area contributed by atoms with Crippen LogP contribution in [0, 0.1) is 6.92 Å². The van der Waals surface area contributed by atoms with Crippen LogP contribution in [-0.4, -0.2) is 71.8 Å². The molecule has 1 aliphatic heterocycles. The Morgan fingerprint density at radius 1 is 1.43 bits per heavy atom. The number of amides is 1. The van der Waals surface area contributed by atoms with E-state index in [4.69, 9.17) is 15.0 Å². The van der Waals surface area contributed by atoms with Crippen LogP contribution >= 0.6 is 0 Å². The van der Waals surface area contributed by atoms with Crippen LogP contribution in [0.5, 0.6) is 0 Å². The maximum absolute atomic E-state index is 12.1. The third kappa shape index (κ3) is 3.78. The molecule has 0 spiro atoms. The van der Waals surface area contributed by atoms with Crippen LogP contribution < -0.4 is 5.73 Å². The first kappa shape index (κ1) is 15.9. The summed E-state index contributed by atoms with van der Waals surface area (Å²) in [4.78, 5) is 20.4. The van der Waals surface area contributed by atoms with Gasteiger partial charge in [-0.2, -0.15) is 4.98 Å². The maximum atomic E-state index is 12.1. The van der Waals surface area contributed by atoms with E-state index in [0.717, 1.165) is 13.1 Å². The second-order valence-electron chi connectivity index (χ2n) is 5.28. The van der Waals surface area contributed by atoms with Crippen LogP contribution in [0.1, 0.15) is 24.7 Å². The van der Waals surface area contributed by atoms with Crippen molar-refractivity contribution in [2.45, 2.75) is 25.9 Å². The number of aryl methyl sites for hydroxylation is 1. The molecule has 0 radical (unpaired) electrons. The number of piperazine rings is 1. The van der Waals surface area contributed by atoms with E-state index in [9.17, 15) is 4.79 Å². The van der Waals surface area contributed by atoms with Crippen molar-refractivity contribution in [2.24, 2.45) is 5.73 Å². The van der Waals surface area contributed by atoms with Crippen molar-refractivity contribution in [3.63, 3.8) is 0 Å². The second-order valence-corrected chi connectivity index (χ2v) is 5.28. The standard InChI is InChI=1S/C13H23N5O3/c1-9(12-15-10(2)16-21-12)17-4-6-18(7-5-17)13(19)11(14)8-20-3/h9,11H,4-8,14H2,1-3H3. The molecule has 2 heterocycles. The van der Waals surface area contributed by atoms with E-state index in [1.807, 2.05) is 6.92 Å². The van der Waals surface area contributed by atoms with Crippen LogP contribution in [0.15, 0.2) is 4.52 Å². The molecule has 2 N–H and O–H groups in total. The van der Waals surface area contributed by atoms with Crippen molar-refractivity contribution in [2.75, 3.05) is 39.9 Å². The lowest BCUT2D eigenvalue weighted by Gasteiger charge is -2.37. The summed E-state index contributed by atoms with van der Waals surface area (Å²) in [5.41, 5.74) is 5.78. The molecular weight excluding hydrogens is 274 g/mol. The average molecular weight is 297 g/mol. The number of carbonyl (C=O) groups is 1. The lowest BCUT2D eigenvalue weighted by molar-refractivity contribution is -0.135. The molecule has 0 bridgehead atoms. The minimum Gasteiger partial charge on any atom is -0.383 e. The minimum atomic E-state index is -0.586. The number of aromatic nitrogens is 2. The molecule has 2 unspecified atom stereocenters. The molecule has 2 atom stereocenters. The van der Waals surface area contributed by atoms with Crippen molar-refractivity contribution in [1.29, 1.82) is 0 Å². The molecule has 8 nitrogen and oxygen atoms in total. The van der Waals surface area contributed by atoms with Crippen molar-refractivity contribution in [1.82, 2.24) is 19.9 Å². The largest absolute Gasteiger partial charge is 0.383 e. The highest BCUT2D eigenvalue weighted by Gasteiger charge is 2.29. The van der Waals surface area contributed by atoms with Crippen molar-refractivity contribution >= 4 is 5.91 Å². The van der Waals surface area contributed by atoms with Gasteiger partial charge in [-0.3, -0.25) is 9.69 Å². The lowest BCUT2D eigenvalue weighted by atomic mass is 10.2. The average Bonchev–Trinajstić information content (AvgIpc) is 2.92. The Hall–Kier alpha value is -1.51. The fraction of sp³-hybridized carbons (Fsp3) is 0.769. The normalized spacial score (nSPS) is 19.5. The van der Waals surface area contributed by atoms with Crippen molar-refractivity contribution in [3.05, 3.63) is 11.7 Å². The Balaban J connectivity index is 1.87. The van der Waals surface area contributed by atoms with E-state index >= 15 is 0 Å². The van der Waals surface area contributed by atoms with Gasteiger partial charge in [-0.25, -0.2) is 0 Å². The Morgan fingerprint density at radius 3 is 2.62 bits per heavy atom. The summed E-state index contributed by atoms with van der Waals surface area (Å²) in [6, 6.07) is -0.534. The van der Waals surface area contributed by atoms with Gasteiger partial charge in [0.2, 0.25) is 11.8 Å². The summed E-state index contributed by atoms with van der Waals surface area (Å²) in [5.74, 6) is 1.19. The highest BCUT2D eigenvalue weighted by atomic mass is 16.5. The van der Waals surface area contributed by atoms with Crippen LogP contribution in [0.25, 0.3) is 0 Å². The van der Waals surface area contributed by atoms with Gasteiger partial charge in [0.1, 0.15) is 6.04 Å². The Bertz CT molecular complexity index is 470. The summed E-state index contributed by atoms with van der Waals surface area (Å²) in [6.45, 7) is 6.88. The molecule has 1 saturated heterocycles. The molecule has 8 heteroatoms. The van der Waals surface area contributed by atoms with Gasteiger partial charge in [0.05, 0.1) is 12.6 Å². The number of carbonyl (C=O) groups excluding carboxylic acids is 1. The number of nitrogens with zero attached hydrogens (tertiary/aromatic N) is 4. The van der Waals surface area contributed by atoms with Crippen molar-refractivity contribution < 1.29 is 14.1 Å². The fourth-order valence-electron chi connectivity index (χ4n) is 2.45. The van der Waals surface area contributed by atoms with E-state index in [2.05, 4.69) is 15.0 Å². The Morgan fingerprint density at radius 2 is 2.10 bits per heavy atom. The Labute approximate surface area is 124 Å². The van der Waals surface area contributed by atoms with E-state index < -0.39 is 6.04 Å². The highest BCUT2D eigenvalue weighted by molar-refractivity contribution is 5.81. The second kappa shape index (κ2) is 6.97. The smallest absolute Gasteiger partial charge is 0.243 e. The number of methoxy groups -OCH3 is 1. The van der Waals surface area contributed by atoms with E-state index in [1.165, 1.54) is 0 Å². The summed E-state index contributed by atoms with van der Waals surface area (Å²) in [5, 5.41) is 3.81. The molecule has 0 saturated carbocycles. The van der Waals surface area contributed by atoms with Gasteiger partial charge in [0.15, 0.2) is 5.82 Å². The molecule has 0 aliphatic carbocycles. The van der Waals surface area contributed by atoms with Gasteiger partial charge in [-0.05, 0) is 13.8 Å². The summed E-state index contributed by atoms with van der Waals surface area (Å²) in [6.07, 6.45) is 0. The van der Waals surface area contributed by atoms with Crippen LogP contribution in [0.3, 0.4) is 0 Å². The van der Waals surface area contributed by atoms with Crippen molar-refractivity contribution in [3.8, 4) is 0 Å². The van der Waals surface area contributed by atoms with Gasteiger partial charge in [-0.15, -0.1) is 0 Å². The zero-order valence-corrected chi connectivity index (χ0v) is 12.8. The molecule has 1 amide bonds. The molecule has 0 aromatic carbocycles. The van der Waals surface area contributed by atoms with Gasteiger partial charge in [0, 0.05) is 33.3 Å². The molecule has 118 valence electrons. The molecule has 21 heavy (non-hydrogen) atoms. The monoisotopic (exact) mass is 297 g/mol. The summed E-state index contributed by atoms with van der Waals surface area (Å²) >= 11 is 0. The maximum Gasteiger partial charge on any atom is 0.243 e.